The first kappa shape index (κ1) is 13.3. The first-order chi connectivity index (χ1) is 9.18. The molecule has 0 spiro atoms. The van der Waals surface area contributed by atoms with Crippen LogP contribution in [0.4, 0.5) is 5.69 Å². The second-order valence-electron chi connectivity index (χ2n) is 4.73. The standard InChI is InChI=1S/C14H15Br2N3/c1-9-12(16)14(19-7-5-17-6-8-19)10-3-2-4-11(15)13(10)18-9/h2-4,17H,5-8H2,1H3. The molecule has 3 rings (SSSR count). The minimum atomic E-state index is 1.03. The predicted octanol–water partition coefficient (Wildman–Crippen LogP) is 3.48. The van der Waals surface area contributed by atoms with Crippen LogP contribution in [0.5, 0.6) is 0 Å². The van der Waals surface area contributed by atoms with Gasteiger partial charge in [-0.3, -0.25) is 4.98 Å². The number of aryl methyl sites for hydroxylation is 1. The molecule has 0 saturated carbocycles. The SMILES string of the molecule is Cc1nc2c(Br)cccc2c(N2CCNCC2)c1Br. The van der Waals surface area contributed by atoms with Crippen LogP contribution in [0, 0.1) is 6.92 Å². The lowest BCUT2D eigenvalue weighted by Crippen LogP contribution is -2.43. The summed E-state index contributed by atoms with van der Waals surface area (Å²) in [7, 11) is 0. The number of hydrogen-bond acceptors (Lipinski definition) is 3. The highest BCUT2D eigenvalue weighted by Gasteiger charge is 2.19. The van der Waals surface area contributed by atoms with E-state index in [-0.39, 0.29) is 0 Å². The molecule has 100 valence electrons. The Hall–Kier alpha value is -0.650. The molecule has 5 heteroatoms. The van der Waals surface area contributed by atoms with Gasteiger partial charge in [-0.05, 0) is 44.8 Å². The molecule has 0 radical (unpaired) electrons. The zero-order valence-electron chi connectivity index (χ0n) is 10.7. The zero-order valence-corrected chi connectivity index (χ0v) is 13.9. The summed E-state index contributed by atoms with van der Waals surface area (Å²) < 4.78 is 2.16. The van der Waals surface area contributed by atoms with Crippen LogP contribution in [0.2, 0.25) is 0 Å². The molecule has 1 fully saturated rings. The van der Waals surface area contributed by atoms with Crippen molar-refractivity contribution >= 4 is 48.5 Å². The molecule has 19 heavy (non-hydrogen) atoms. The van der Waals surface area contributed by atoms with Crippen LogP contribution in [0.1, 0.15) is 5.69 Å². The van der Waals surface area contributed by atoms with Crippen LogP contribution in [-0.4, -0.2) is 31.2 Å². The Bertz CT molecular complexity index is 622. The molecule has 1 aliphatic heterocycles. The van der Waals surface area contributed by atoms with Crippen molar-refractivity contribution in [2.45, 2.75) is 6.92 Å². The first-order valence-corrected chi connectivity index (χ1v) is 7.97. The molecular weight excluding hydrogens is 370 g/mol. The number of rotatable bonds is 1. The molecule has 0 amide bonds. The van der Waals surface area contributed by atoms with Crippen molar-refractivity contribution in [1.29, 1.82) is 0 Å². The highest BCUT2D eigenvalue weighted by atomic mass is 79.9. The van der Waals surface area contributed by atoms with Gasteiger partial charge in [0.1, 0.15) is 0 Å². The van der Waals surface area contributed by atoms with Crippen LogP contribution in [0.15, 0.2) is 27.1 Å². The number of hydrogen-bond donors (Lipinski definition) is 1. The van der Waals surface area contributed by atoms with Gasteiger partial charge in [-0.15, -0.1) is 0 Å². The molecule has 0 atom stereocenters. The van der Waals surface area contributed by atoms with E-state index in [4.69, 9.17) is 4.98 Å². The highest BCUT2D eigenvalue weighted by molar-refractivity contribution is 9.11. The molecule has 1 aromatic heterocycles. The number of fused-ring (bicyclic) bond motifs is 1. The summed E-state index contributed by atoms with van der Waals surface area (Å²) in [5, 5.41) is 4.60. The van der Waals surface area contributed by atoms with Crippen LogP contribution < -0.4 is 10.2 Å². The number of halogens is 2. The Morgan fingerprint density at radius 1 is 1.21 bits per heavy atom. The number of piperazine rings is 1. The Balaban J connectivity index is 2.25. The van der Waals surface area contributed by atoms with Crippen molar-refractivity contribution in [3.63, 3.8) is 0 Å². The third-order valence-electron chi connectivity index (χ3n) is 3.48. The van der Waals surface area contributed by atoms with Gasteiger partial charge in [-0.25, -0.2) is 0 Å². The van der Waals surface area contributed by atoms with Gasteiger partial charge >= 0.3 is 0 Å². The van der Waals surface area contributed by atoms with E-state index < -0.39 is 0 Å². The summed E-state index contributed by atoms with van der Waals surface area (Å²) in [6, 6.07) is 6.26. The molecule has 3 nitrogen and oxygen atoms in total. The molecular formula is C14H15Br2N3. The van der Waals surface area contributed by atoms with E-state index >= 15 is 0 Å². The maximum atomic E-state index is 4.69. The Labute approximate surface area is 129 Å². The van der Waals surface area contributed by atoms with Crippen LogP contribution >= 0.6 is 31.9 Å². The molecule has 0 unspecified atom stereocenters. The average Bonchev–Trinajstić information content (AvgIpc) is 2.42. The van der Waals surface area contributed by atoms with Crippen LogP contribution in [0.25, 0.3) is 10.9 Å². The lowest BCUT2D eigenvalue weighted by Gasteiger charge is -2.31. The normalized spacial score (nSPS) is 16.1. The summed E-state index contributed by atoms with van der Waals surface area (Å²) in [5.74, 6) is 0. The van der Waals surface area contributed by atoms with Gasteiger partial charge < -0.3 is 10.2 Å². The maximum absolute atomic E-state index is 4.69. The van der Waals surface area contributed by atoms with E-state index in [1.165, 1.54) is 11.1 Å². The molecule has 2 aromatic rings. The predicted molar refractivity (Wildman–Crippen MR) is 87.0 cm³/mol. The van der Waals surface area contributed by atoms with E-state index in [1.807, 2.05) is 6.07 Å². The molecule has 1 saturated heterocycles. The molecule has 1 aliphatic rings. The van der Waals surface area contributed by atoms with Crippen molar-refractivity contribution in [2.75, 3.05) is 31.1 Å². The Morgan fingerprint density at radius 2 is 1.95 bits per heavy atom. The van der Waals surface area contributed by atoms with Gasteiger partial charge in [0.25, 0.3) is 0 Å². The summed E-state index contributed by atoms with van der Waals surface area (Å²) in [6.07, 6.45) is 0. The van der Waals surface area contributed by atoms with Gasteiger partial charge in [-0.2, -0.15) is 0 Å². The van der Waals surface area contributed by atoms with Crippen molar-refractivity contribution in [3.05, 3.63) is 32.8 Å². The number of aromatic nitrogens is 1. The second-order valence-corrected chi connectivity index (χ2v) is 6.38. The second kappa shape index (κ2) is 5.38. The number of benzene rings is 1. The summed E-state index contributed by atoms with van der Waals surface area (Å²) >= 11 is 7.33. The minimum absolute atomic E-state index is 1.03. The number of para-hydroxylation sites is 1. The number of nitrogens with zero attached hydrogens (tertiary/aromatic N) is 2. The van der Waals surface area contributed by atoms with E-state index in [9.17, 15) is 0 Å². The fourth-order valence-electron chi connectivity index (χ4n) is 2.52. The third kappa shape index (κ3) is 2.39. The average molecular weight is 385 g/mol. The van der Waals surface area contributed by atoms with E-state index in [0.29, 0.717) is 0 Å². The molecule has 1 N–H and O–H groups in total. The fourth-order valence-corrected chi connectivity index (χ4v) is 3.53. The largest absolute Gasteiger partial charge is 0.367 e. The summed E-state index contributed by atoms with van der Waals surface area (Å²) in [5.41, 5.74) is 3.34. The lowest BCUT2D eigenvalue weighted by molar-refractivity contribution is 0.589. The third-order valence-corrected chi connectivity index (χ3v) is 5.07. The molecule has 2 heterocycles. The molecule has 0 bridgehead atoms. The zero-order chi connectivity index (χ0) is 13.4. The van der Waals surface area contributed by atoms with Crippen LogP contribution in [-0.2, 0) is 0 Å². The van der Waals surface area contributed by atoms with Gasteiger partial charge in [0.15, 0.2) is 0 Å². The fraction of sp³-hybridized carbons (Fsp3) is 0.357. The van der Waals surface area contributed by atoms with Gasteiger partial charge in [-0.1, -0.05) is 12.1 Å². The Kier molecular flexibility index (Phi) is 3.78. The van der Waals surface area contributed by atoms with E-state index in [0.717, 1.165) is 46.3 Å². The van der Waals surface area contributed by atoms with Crippen molar-refractivity contribution in [1.82, 2.24) is 10.3 Å². The monoisotopic (exact) mass is 383 g/mol. The van der Waals surface area contributed by atoms with Crippen LogP contribution in [0.3, 0.4) is 0 Å². The van der Waals surface area contributed by atoms with Gasteiger partial charge in [0.2, 0.25) is 0 Å². The number of nitrogens with one attached hydrogen (secondary N) is 1. The topological polar surface area (TPSA) is 28.2 Å². The van der Waals surface area contributed by atoms with Gasteiger partial charge in [0.05, 0.1) is 21.4 Å². The van der Waals surface area contributed by atoms with Crippen molar-refractivity contribution in [3.8, 4) is 0 Å². The smallest absolute Gasteiger partial charge is 0.0868 e. The van der Waals surface area contributed by atoms with Crippen molar-refractivity contribution in [2.24, 2.45) is 0 Å². The summed E-state index contributed by atoms with van der Waals surface area (Å²) in [4.78, 5) is 7.13. The van der Waals surface area contributed by atoms with Gasteiger partial charge in [0, 0.05) is 36.0 Å². The quantitative estimate of drug-likeness (QED) is 0.815. The summed E-state index contributed by atoms with van der Waals surface area (Å²) in [6.45, 7) is 6.18. The maximum Gasteiger partial charge on any atom is 0.0868 e. The number of pyridine rings is 1. The molecule has 1 aromatic carbocycles. The lowest BCUT2D eigenvalue weighted by atomic mass is 10.1. The minimum Gasteiger partial charge on any atom is -0.367 e. The molecule has 0 aliphatic carbocycles. The Morgan fingerprint density at radius 3 is 2.68 bits per heavy atom. The number of anilines is 1. The van der Waals surface area contributed by atoms with E-state index in [1.54, 1.807) is 0 Å². The van der Waals surface area contributed by atoms with E-state index in [2.05, 4.69) is 61.1 Å². The van der Waals surface area contributed by atoms with Crippen molar-refractivity contribution < 1.29 is 0 Å². The first-order valence-electron chi connectivity index (χ1n) is 6.38. The highest BCUT2D eigenvalue weighted by Crippen LogP contribution is 2.37.